The van der Waals surface area contributed by atoms with E-state index >= 15 is 0 Å². The first-order valence-electron chi connectivity index (χ1n) is 10.1. The summed E-state index contributed by atoms with van der Waals surface area (Å²) in [5.74, 6) is 0.162. The second kappa shape index (κ2) is 8.31. The molecule has 1 aromatic carbocycles. The van der Waals surface area contributed by atoms with Crippen LogP contribution in [0, 0.1) is 5.82 Å². The summed E-state index contributed by atoms with van der Waals surface area (Å²) in [5, 5.41) is 8.19. The Morgan fingerprint density at radius 3 is 2.66 bits per heavy atom. The van der Waals surface area contributed by atoms with Crippen molar-refractivity contribution in [1.29, 1.82) is 0 Å². The lowest BCUT2D eigenvalue weighted by atomic mass is 10.1. The highest BCUT2D eigenvalue weighted by atomic mass is 19.1. The van der Waals surface area contributed by atoms with Crippen molar-refractivity contribution in [2.45, 2.75) is 0 Å². The second-order valence-electron chi connectivity index (χ2n) is 7.37. The molecule has 0 radical (unpaired) electrons. The van der Waals surface area contributed by atoms with Gasteiger partial charge in [0.05, 0.1) is 18.8 Å². The molecule has 0 atom stereocenters. The van der Waals surface area contributed by atoms with Crippen LogP contribution in [-0.2, 0) is 11.8 Å². The van der Waals surface area contributed by atoms with Crippen molar-refractivity contribution < 1.29 is 13.9 Å². The fraction of sp³-hybridized carbons (Fsp3) is 0.227. The lowest BCUT2D eigenvalue weighted by Crippen LogP contribution is -2.40. The Morgan fingerprint density at radius 1 is 1.09 bits per heavy atom. The van der Waals surface area contributed by atoms with E-state index in [1.165, 1.54) is 6.07 Å². The Hall–Kier alpha value is -3.92. The Balaban J connectivity index is 1.42. The molecule has 0 unspecified atom stereocenters. The number of hydrogen-bond donors (Lipinski definition) is 0. The minimum absolute atomic E-state index is 0.0610. The maximum absolute atomic E-state index is 14.3. The van der Waals surface area contributed by atoms with Gasteiger partial charge in [0, 0.05) is 38.1 Å². The molecule has 0 bridgehead atoms. The van der Waals surface area contributed by atoms with E-state index in [-0.39, 0.29) is 11.7 Å². The fourth-order valence-electron chi connectivity index (χ4n) is 3.66. The van der Waals surface area contributed by atoms with Crippen molar-refractivity contribution in [1.82, 2.24) is 34.4 Å². The van der Waals surface area contributed by atoms with Crippen LogP contribution in [0.15, 0.2) is 55.1 Å². The molecule has 1 saturated heterocycles. The first-order chi connectivity index (χ1) is 15.6. The molecule has 9 nitrogen and oxygen atoms in total. The minimum atomic E-state index is -0.379. The third kappa shape index (κ3) is 3.65. The van der Waals surface area contributed by atoms with Gasteiger partial charge in [0.15, 0.2) is 0 Å². The largest absolute Gasteiger partial charge is 0.378 e. The maximum atomic E-state index is 14.3. The highest BCUT2D eigenvalue weighted by molar-refractivity contribution is 5.94. The summed E-state index contributed by atoms with van der Waals surface area (Å²) in [6.07, 6.45) is 4.94. The summed E-state index contributed by atoms with van der Waals surface area (Å²) in [7, 11) is 1.73. The van der Waals surface area contributed by atoms with Crippen molar-refractivity contribution in [2.75, 3.05) is 26.3 Å². The number of hydrogen-bond acceptors (Lipinski definition) is 6. The number of ether oxygens (including phenoxy) is 1. The average molecular weight is 433 g/mol. The number of amides is 1. The number of imidazole rings is 1. The number of morpholine rings is 1. The summed E-state index contributed by atoms with van der Waals surface area (Å²) in [4.78, 5) is 23.2. The number of nitrogens with zero attached hydrogens (tertiary/aromatic N) is 7. The zero-order chi connectivity index (χ0) is 22.1. The molecule has 4 aromatic rings. The van der Waals surface area contributed by atoms with Gasteiger partial charge in [-0.15, -0.1) is 5.10 Å². The molecule has 10 heteroatoms. The van der Waals surface area contributed by atoms with Gasteiger partial charge in [0.1, 0.15) is 35.0 Å². The first kappa shape index (κ1) is 20.0. The lowest BCUT2D eigenvalue weighted by molar-refractivity contribution is 0.0302. The number of carbonyl (C=O) groups excluding carboxylic acids is 1. The Bertz CT molecular complexity index is 1260. The number of pyridine rings is 1. The predicted octanol–water partition coefficient (Wildman–Crippen LogP) is 2.34. The average Bonchev–Trinajstić information content (AvgIpc) is 3.46. The monoisotopic (exact) mass is 433 g/mol. The molecule has 1 aliphatic heterocycles. The second-order valence-corrected chi connectivity index (χ2v) is 7.37. The molecular weight excluding hydrogens is 413 g/mol. The summed E-state index contributed by atoms with van der Waals surface area (Å²) >= 11 is 0. The lowest BCUT2D eigenvalue weighted by Gasteiger charge is -2.26. The molecular formula is C22H20FN7O2. The van der Waals surface area contributed by atoms with Gasteiger partial charge in [0.25, 0.3) is 5.91 Å². The van der Waals surface area contributed by atoms with E-state index in [2.05, 4.69) is 20.3 Å². The van der Waals surface area contributed by atoms with E-state index in [1.54, 1.807) is 70.2 Å². The third-order valence-corrected chi connectivity index (χ3v) is 5.34. The van der Waals surface area contributed by atoms with Crippen LogP contribution in [0.5, 0.6) is 0 Å². The van der Waals surface area contributed by atoms with E-state index in [1.807, 2.05) is 0 Å². The van der Waals surface area contributed by atoms with Gasteiger partial charge >= 0.3 is 0 Å². The highest BCUT2D eigenvalue weighted by Crippen LogP contribution is 2.30. The molecule has 0 saturated carbocycles. The third-order valence-electron chi connectivity index (χ3n) is 5.34. The molecule has 1 fully saturated rings. The van der Waals surface area contributed by atoms with Gasteiger partial charge in [-0.05, 0) is 24.3 Å². The van der Waals surface area contributed by atoms with E-state index in [0.29, 0.717) is 60.3 Å². The molecule has 3 aromatic heterocycles. The fourth-order valence-corrected chi connectivity index (χ4v) is 3.66. The quantitative estimate of drug-likeness (QED) is 0.491. The molecule has 1 aliphatic rings. The summed E-state index contributed by atoms with van der Waals surface area (Å²) in [5.41, 5.74) is 2.46. The van der Waals surface area contributed by atoms with Crippen LogP contribution in [-0.4, -0.2) is 66.6 Å². The van der Waals surface area contributed by atoms with Crippen LogP contribution in [0.1, 0.15) is 10.4 Å². The van der Waals surface area contributed by atoms with Gasteiger partial charge in [0.2, 0.25) is 0 Å². The molecule has 5 rings (SSSR count). The van der Waals surface area contributed by atoms with Crippen LogP contribution in [0.3, 0.4) is 0 Å². The van der Waals surface area contributed by atoms with Crippen LogP contribution >= 0.6 is 0 Å². The molecule has 32 heavy (non-hydrogen) atoms. The molecule has 4 heterocycles. The van der Waals surface area contributed by atoms with Gasteiger partial charge in [-0.25, -0.2) is 19.0 Å². The number of aromatic nitrogens is 6. The molecule has 0 aliphatic carbocycles. The van der Waals surface area contributed by atoms with Crippen molar-refractivity contribution in [3.05, 3.63) is 66.5 Å². The number of halogens is 1. The Morgan fingerprint density at radius 2 is 1.91 bits per heavy atom. The number of benzene rings is 1. The Kier molecular flexibility index (Phi) is 5.20. The predicted molar refractivity (Wildman–Crippen MR) is 113 cm³/mol. The Labute approximate surface area is 183 Å². The van der Waals surface area contributed by atoms with Gasteiger partial charge in [-0.1, -0.05) is 17.3 Å². The normalized spacial score (nSPS) is 14.0. The summed E-state index contributed by atoms with van der Waals surface area (Å²) in [6.45, 7) is 2.25. The van der Waals surface area contributed by atoms with E-state index < -0.39 is 0 Å². The van der Waals surface area contributed by atoms with Crippen molar-refractivity contribution >= 4 is 5.91 Å². The standard InChI is InChI=1S/C22H20FN7O2/c1-28-21(20(26-27-28)16-4-2-3-5-17(16)23)18-13-30(14-25-18)19-7-6-15(12-24-19)22(31)29-8-10-32-11-9-29/h2-7,12-14H,8-11H2,1H3. The molecule has 0 N–H and O–H groups in total. The summed E-state index contributed by atoms with van der Waals surface area (Å²) in [6, 6.07) is 9.93. The topological polar surface area (TPSA) is 91.0 Å². The van der Waals surface area contributed by atoms with E-state index in [0.717, 1.165) is 0 Å². The SMILES string of the molecule is Cn1nnc(-c2ccccc2F)c1-c1cn(-c2ccc(C(=O)N3CCOCC3)cn2)cn1. The van der Waals surface area contributed by atoms with Crippen molar-refractivity contribution in [3.63, 3.8) is 0 Å². The van der Waals surface area contributed by atoms with Crippen LogP contribution in [0.2, 0.25) is 0 Å². The first-order valence-corrected chi connectivity index (χ1v) is 10.1. The number of rotatable bonds is 4. The van der Waals surface area contributed by atoms with Crippen molar-refractivity contribution in [3.8, 4) is 28.5 Å². The van der Waals surface area contributed by atoms with Crippen LogP contribution < -0.4 is 0 Å². The van der Waals surface area contributed by atoms with Crippen LogP contribution in [0.4, 0.5) is 4.39 Å². The van der Waals surface area contributed by atoms with Crippen LogP contribution in [0.25, 0.3) is 28.5 Å². The molecule has 162 valence electrons. The minimum Gasteiger partial charge on any atom is -0.378 e. The van der Waals surface area contributed by atoms with Crippen molar-refractivity contribution in [2.24, 2.45) is 7.05 Å². The smallest absolute Gasteiger partial charge is 0.255 e. The maximum Gasteiger partial charge on any atom is 0.255 e. The van der Waals surface area contributed by atoms with Gasteiger partial charge in [-0.2, -0.15) is 0 Å². The zero-order valence-corrected chi connectivity index (χ0v) is 17.3. The zero-order valence-electron chi connectivity index (χ0n) is 17.3. The number of carbonyl (C=O) groups is 1. The van der Waals surface area contributed by atoms with E-state index in [4.69, 9.17) is 4.74 Å². The number of aryl methyl sites for hydroxylation is 1. The van der Waals surface area contributed by atoms with Gasteiger partial charge in [-0.3, -0.25) is 9.36 Å². The summed E-state index contributed by atoms with van der Waals surface area (Å²) < 4.78 is 22.9. The van der Waals surface area contributed by atoms with Gasteiger partial charge < -0.3 is 9.64 Å². The van der Waals surface area contributed by atoms with E-state index in [9.17, 15) is 9.18 Å². The molecule has 1 amide bonds. The highest BCUT2D eigenvalue weighted by Gasteiger charge is 2.21. The molecule has 0 spiro atoms.